The van der Waals surface area contributed by atoms with Crippen molar-refractivity contribution in [1.82, 2.24) is 10.3 Å². The standard InChI is InChI=1S/C26H35N3O5S/c1-25-10-9-20(31)26(2,14-30)19(25)13-18-22(16(25)12-21(32)27-15-6-3-4-7-15)28-24(35-18)29-23(33)17-8-5-11-34-17/h5,8,11,15-16,19-20,30-31H,3-4,6-7,9-10,12-14H2,1-2H3,(H,27,32)(H,28,29,33). The highest BCUT2D eigenvalue weighted by Crippen LogP contribution is 2.62. The number of thiazole rings is 1. The number of rotatable bonds is 6. The van der Waals surface area contributed by atoms with Gasteiger partial charge in [-0.05, 0) is 55.6 Å². The van der Waals surface area contributed by atoms with Crippen LogP contribution in [0.3, 0.4) is 0 Å². The molecule has 0 aromatic carbocycles. The predicted octanol–water partition coefficient (Wildman–Crippen LogP) is 3.85. The lowest BCUT2D eigenvalue weighted by Crippen LogP contribution is -2.57. The summed E-state index contributed by atoms with van der Waals surface area (Å²) in [6.45, 7) is 4.03. The van der Waals surface area contributed by atoms with Crippen molar-refractivity contribution >= 4 is 28.3 Å². The second-order valence-electron chi connectivity index (χ2n) is 11.0. The Hall–Kier alpha value is -2.23. The molecule has 5 rings (SSSR count). The average molecular weight is 502 g/mol. The van der Waals surface area contributed by atoms with Gasteiger partial charge in [-0.2, -0.15) is 0 Å². The van der Waals surface area contributed by atoms with E-state index < -0.39 is 11.5 Å². The van der Waals surface area contributed by atoms with Crippen molar-refractivity contribution in [3.8, 4) is 0 Å². The van der Waals surface area contributed by atoms with Crippen LogP contribution in [0, 0.1) is 16.7 Å². The van der Waals surface area contributed by atoms with Crippen LogP contribution in [-0.2, 0) is 11.2 Å². The van der Waals surface area contributed by atoms with Crippen LogP contribution in [0.4, 0.5) is 5.13 Å². The molecule has 9 heteroatoms. The van der Waals surface area contributed by atoms with Crippen LogP contribution in [-0.4, -0.2) is 45.8 Å². The number of amides is 2. The number of aliphatic hydroxyl groups excluding tert-OH is 2. The molecule has 2 aromatic rings. The summed E-state index contributed by atoms with van der Waals surface area (Å²) in [5.74, 6) is -0.310. The SMILES string of the molecule is CC1(CO)C(O)CCC2(C)C(CC(=O)NC3CCCC3)c3nc(NC(=O)c4ccco4)sc3CC12. The van der Waals surface area contributed by atoms with E-state index in [4.69, 9.17) is 9.40 Å². The first-order chi connectivity index (χ1) is 16.7. The van der Waals surface area contributed by atoms with Gasteiger partial charge in [-0.25, -0.2) is 4.98 Å². The number of carbonyl (C=O) groups is 2. The van der Waals surface area contributed by atoms with E-state index in [-0.39, 0.29) is 47.5 Å². The quantitative estimate of drug-likeness (QED) is 0.477. The van der Waals surface area contributed by atoms with Crippen LogP contribution in [0.5, 0.6) is 0 Å². The van der Waals surface area contributed by atoms with Gasteiger partial charge in [0.1, 0.15) is 0 Å². The summed E-state index contributed by atoms with van der Waals surface area (Å²) in [5, 5.41) is 27.8. The maximum absolute atomic E-state index is 13.2. The Bertz CT molecular complexity index is 1080. The van der Waals surface area contributed by atoms with E-state index in [1.54, 1.807) is 12.1 Å². The number of carbonyl (C=O) groups excluding carboxylic acids is 2. The molecular formula is C26H35N3O5S. The Morgan fingerprint density at radius 2 is 2.03 bits per heavy atom. The molecule has 3 aliphatic carbocycles. The molecule has 3 aliphatic rings. The van der Waals surface area contributed by atoms with Crippen molar-refractivity contribution in [3.63, 3.8) is 0 Å². The van der Waals surface area contributed by atoms with Crippen LogP contribution >= 0.6 is 11.3 Å². The molecule has 2 saturated carbocycles. The minimum Gasteiger partial charge on any atom is -0.459 e. The van der Waals surface area contributed by atoms with Crippen LogP contribution < -0.4 is 10.6 Å². The largest absolute Gasteiger partial charge is 0.459 e. The highest BCUT2D eigenvalue weighted by atomic mass is 32.1. The zero-order valence-electron chi connectivity index (χ0n) is 20.4. The summed E-state index contributed by atoms with van der Waals surface area (Å²) in [5.41, 5.74) is -0.124. The van der Waals surface area contributed by atoms with E-state index in [1.165, 1.54) is 17.6 Å². The number of hydrogen-bond acceptors (Lipinski definition) is 7. The maximum Gasteiger partial charge on any atom is 0.293 e. The van der Waals surface area contributed by atoms with E-state index in [0.717, 1.165) is 42.7 Å². The van der Waals surface area contributed by atoms with Crippen LogP contribution in [0.25, 0.3) is 0 Å². The zero-order chi connectivity index (χ0) is 24.8. The smallest absolute Gasteiger partial charge is 0.293 e. The highest BCUT2D eigenvalue weighted by Gasteiger charge is 2.59. The van der Waals surface area contributed by atoms with Crippen LogP contribution in [0.2, 0.25) is 0 Å². The summed E-state index contributed by atoms with van der Waals surface area (Å²) >= 11 is 1.41. The van der Waals surface area contributed by atoms with Gasteiger partial charge in [-0.15, -0.1) is 11.3 Å². The summed E-state index contributed by atoms with van der Waals surface area (Å²) < 4.78 is 5.21. The molecule has 0 aliphatic heterocycles. The van der Waals surface area contributed by atoms with Gasteiger partial charge in [0, 0.05) is 28.7 Å². The molecule has 0 radical (unpaired) electrons. The van der Waals surface area contributed by atoms with E-state index in [9.17, 15) is 19.8 Å². The number of furan rings is 1. The Kier molecular flexibility index (Phi) is 6.52. The third kappa shape index (κ3) is 4.32. The van der Waals surface area contributed by atoms with Crippen molar-refractivity contribution in [3.05, 3.63) is 34.7 Å². The Morgan fingerprint density at radius 1 is 1.26 bits per heavy atom. The van der Waals surface area contributed by atoms with Crippen molar-refractivity contribution < 1.29 is 24.2 Å². The van der Waals surface area contributed by atoms with E-state index >= 15 is 0 Å². The average Bonchev–Trinajstić information content (AvgIpc) is 3.60. The Balaban J connectivity index is 1.48. The fourth-order valence-corrected chi connectivity index (χ4v) is 7.87. The first-order valence-electron chi connectivity index (χ1n) is 12.7. The third-order valence-electron chi connectivity index (χ3n) is 8.97. The molecule has 2 aromatic heterocycles. The molecule has 0 saturated heterocycles. The number of hydrogen-bond donors (Lipinski definition) is 4. The Labute approximate surface area is 209 Å². The number of aliphatic hydroxyl groups is 2. The van der Waals surface area contributed by atoms with Crippen molar-refractivity contribution in [2.45, 2.75) is 83.3 Å². The molecule has 2 heterocycles. The molecule has 8 nitrogen and oxygen atoms in total. The fraction of sp³-hybridized carbons (Fsp3) is 0.654. The van der Waals surface area contributed by atoms with Gasteiger partial charge in [0.05, 0.1) is 24.7 Å². The van der Waals surface area contributed by atoms with Gasteiger partial charge in [0.15, 0.2) is 10.9 Å². The van der Waals surface area contributed by atoms with Crippen LogP contribution in [0.1, 0.15) is 85.8 Å². The second-order valence-corrected chi connectivity index (χ2v) is 12.1. The van der Waals surface area contributed by atoms with Crippen LogP contribution in [0.15, 0.2) is 22.8 Å². The second kappa shape index (κ2) is 9.33. The third-order valence-corrected chi connectivity index (χ3v) is 9.98. The van der Waals surface area contributed by atoms with Gasteiger partial charge in [0.2, 0.25) is 5.91 Å². The van der Waals surface area contributed by atoms with Crippen molar-refractivity contribution in [2.24, 2.45) is 16.7 Å². The summed E-state index contributed by atoms with van der Waals surface area (Å²) in [4.78, 5) is 31.6. The molecule has 0 bridgehead atoms. The predicted molar refractivity (Wildman–Crippen MR) is 132 cm³/mol. The first-order valence-corrected chi connectivity index (χ1v) is 13.5. The zero-order valence-corrected chi connectivity index (χ0v) is 21.2. The van der Waals surface area contributed by atoms with Gasteiger partial charge in [-0.1, -0.05) is 26.7 Å². The number of nitrogens with one attached hydrogen (secondary N) is 2. The van der Waals surface area contributed by atoms with Gasteiger partial charge in [-0.3, -0.25) is 14.9 Å². The van der Waals surface area contributed by atoms with Gasteiger partial charge < -0.3 is 19.9 Å². The minimum atomic E-state index is -0.674. The summed E-state index contributed by atoms with van der Waals surface area (Å²) in [6.07, 6.45) is 7.47. The van der Waals surface area contributed by atoms with Crippen molar-refractivity contribution in [2.75, 3.05) is 11.9 Å². The number of aromatic nitrogens is 1. The molecule has 0 spiro atoms. The Morgan fingerprint density at radius 3 is 2.71 bits per heavy atom. The molecule has 2 fully saturated rings. The number of fused-ring (bicyclic) bond motifs is 2. The van der Waals surface area contributed by atoms with Gasteiger partial charge >= 0.3 is 0 Å². The number of nitrogens with zero attached hydrogens (tertiary/aromatic N) is 1. The fourth-order valence-electron chi connectivity index (χ4n) is 6.81. The molecular weight excluding hydrogens is 466 g/mol. The maximum atomic E-state index is 13.2. The van der Waals surface area contributed by atoms with Crippen molar-refractivity contribution in [1.29, 1.82) is 0 Å². The van der Waals surface area contributed by atoms with Gasteiger partial charge in [0.25, 0.3) is 5.91 Å². The number of anilines is 1. The van der Waals surface area contributed by atoms with E-state index in [2.05, 4.69) is 17.6 Å². The topological polar surface area (TPSA) is 125 Å². The molecule has 35 heavy (non-hydrogen) atoms. The molecule has 2 amide bonds. The lowest BCUT2D eigenvalue weighted by atomic mass is 9.47. The molecule has 4 N–H and O–H groups in total. The summed E-state index contributed by atoms with van der Waals surface area (Å²) in [6, 6.07) is 3.50. The minimum absolute atomic E-state index is 0.0189. The summed E-state index contributed by atoms with van der Waals surface area (Å²) in [7, 11) is 0. The highest BCUT2D eigenvalue weighted by molar-refractivity contribution is 7.15. The molecule has 5 atom stereocenters. The monoisotopic (exact) mass is 501 g/mol. The normalized spacial score (nSPS) is 32.6. The molecule has 190 valence electrons. The lowest BCUT2D eigenvalue weighted by molar-refractivity contribution is -0.144. The first kappa shape index (κ1) is 24.5. The molecule has 5 unspecified atom stereocenters. The van der Waals surface area contributed by atoms with E-state index in [1.807, 2.05) is 6.92 Å². The lowest BCUT2D eigenvalue weighted by Gasteiger charge is -2.58. The van der Waals surface area contributed by atoms with E-state index in [0.29, 0.717) is 24.4 Å².